The van der Waals surface area contributed by atoms with Crippen molar-refractivity contribution in [1.82, 2.24) is 4.98 Å². The van der Waals surface area contributed by atoms with Gasteiger partial charge in [0.2, 0.25) is 0 Å². The molecule has 0 aliphatic heterocycles. The van der Waals surface area contributed by atoms with Crippen LogP contribution in [0.3, 0.4) is 0 Å². The van der Waals surface area contributed by atoms with E-state index in [2.05, 4.69) is 10.3 Å². The molecule has 0 unspecified atom stereocenters. The third kappa shape index (κ3) is 4.71. The normalized spacial score (nSPS) is 10.3. The largest absolute Gasteiger partial charge is 0.497 e. The van der Waals surface area contributed by atoms with E-state index in [-0.39, 0.29) is 12.5 Å². The van der Waals surface area contributed by atoms with Crippen LogP contribution < -0.4 is 14.8 Å². The van der Waals surface area contributed by atoms with E-state index in [1.807, 2.05) is 29.6 Å². The number of aromatic nitrogens is 1. The van der Waals surface area contributed by atoms with Crippen molar-refractivity contribution in [3.63, 3.8) is 0 Å². The van der Waals surface area contributed by atoms with Crippen LogP contribution in [0.2, 0.25) is 5.02 Å². The molecule has 2 aromatic carbocycles. The monoisotopic (exact) mass is 374 g/mol. The Labute approximate surface area is 154 Å². The second-order valence-corrected chi connectivity index (χ2v) is 6.36. The van der Waals surface area contributed by atoms with Crippen LogP contribution >= 0.6 is 22.9 Å². The number of carbonyl (C=O) groups is 1. The van der Waals surface area contributed by atoms with Crippen molar-refractivity contribution in [1.29, 1.82) is 0 Å². The maximum absolute atomic E-state index is 12.0. The summed E-state index contributed by atoms with van der Waals surface area (Å²) in [5.41, 5.74) is 1.70. The number of rotatable bonds is 6. The highest BCUT2D eigenvalue weighted by Crippen LogP contribution is 2.27. The van der Waals surface area contributed by atoms with Crippen molar-refractivity contribution in [2.45, 2.75) is 0 Å². The smallest absolute Gasteiger partial charge is 0.264 e. The summed E-state index contributed by atoms with van der Waals surface area (Å²) in [5, 5.41) is 5.74. The fourth-order valence-corrected chi connectivity index (χ4v) is 2.94. The molecule has 1 amide bonds. The Morgan fingerprint density at radius 1 is 1.20 bits per heavy atom. The standard InChI is InChI=1S/C18H15ClN2O3S/c1-23-15-4-2-3-12(9-15)16-11-25-18(20-16)21-17(22)10-24-14-7-5-13(19)6-8-14/h2-9,11H,10H2,1H3,(H,20,21,22). The molecule has 0 fully saturated rings. The number of hydrogen-bond donors (Lipinski definition) is 1. The number of hydrogen-bond acceptors (Lipinski definition) is 5. The Bertz CT molecular complexity index is 865. The van der Waals surface area contributed by atoms with Crippen LogP contribution in [-0.2, 0) is 4.79 Å². The first-order valence-electron chi connectivity index (χ1n) is 7.42. The molecule has 1 N–H and O–H groups in total. The van der Waals surface area contributed by atoms with Gasteiger partial charge in [-0.2, -0.15) is 0 Å². The molecule has 0 aliphatic rings. The molecule has 0 atom stereocenters. The number of amides is 1. The van der Waals surface area contributed by atoms with Gasteiger partial charge in [-0.3, -0.25) is 10.1 Å². The van der Waals surface area contributed by atoms with Crippen LogP contribution in [0.1, 0.15) is 0 Å². The van der Waals surface area contributed by atoms with Gasteiger partial charge in [0.1, 0.15) is 11.5 Å². The van der Waals surface area contributed by atoms with Crippen LogP contribution in [0.5, 0.6) is 11.5 Å². The zero-order chi connectivity index (χ0) is 17.6. The van der Waals surface area contributed by atoms with E-state index in [0.29, 0.717) is 15.9 Å². The summed E-state index contributed by atoms with van der Waals surface area (Å²) in [6.07, 6.45) is 0. The van der Waals surface area contributed by atoms with E-state index in [9.17, 15) is 4.79 Å². The molecule has 3 rings (SSSR count). The summed E-state index contributed by atoms with van der Waals surface area (Å²) in [6.45, 7) is -0.101. The number of ether oxygens (including phenoxy) is 2. The second kappa shape index (κ2) is 8.00. The minimum absolute atomic E-state index is 0.101. The lowest BCUT2D eigenvalue weighted by Crippen LogP contribution is -2.20. The fourth-order valence-electron chi connectivity index (χ4n) is 2.08. The molecule has 0 saturated heterocycles. The molecule has 0 saturated carbocycles. The van der Waals surface area contributed by atoms with E-state index in [1.165, 1.54) is 11.3 Å². The second-order valence-electron chi connectivity index (χ2n) is 5.06. The zero-order valence-corrected chi connectivity index (χ0v) is 14.9. The number of benzene rings is 2. The number of anilines is 1. The maximum atomic E-state index is 12.0. The van der Waals surface area contributed by atoms with Crippen molar-refractivity contribution in [2.24, 2.45) is 0 Å². The molecule has 128 valence electrons. The Balaban J connectivity index is 1.58. The lowest BCUT2D eigenvalue weighted by Gasteiger charge is -2.05. The first-order chi connectivity index (χ1) is 12.1. The van der Waals surface area contributed by atoms with E-state index >= 15 is 0 Å². The van der Waals surface area contributed by atoms with Crippen molar-refractivity contribution in [3.8, 4) is 22.8 Å². The number of halogens is 1. The molecule has 0 radical (unpaired) electrons. The summed E-state index contributed by atoms with van der Waals surface area (Å²) in [7, 11) is 1.62. The number of carbonyl (C=O) groups excluding carboxylic acids is 1. The molecule has 0 aliphatic carbocycles. The summed E-state index contributed by atoms with van der Waals surface area (Å²) < 4.78 is 10.6. The van der Waals surface area contributed by atoms with E-state index in [0.717, 1.165) is 17.0 Å². The predicted molar refractivity (Wildman–Crippen MR) is 99.7 cm³/mol. The van der Waals surface area contributed by atoms with E-state index < -0.39 is 0 Å². The minimum atomic E-state index is -0.276. The van der Waals surface area contributed by atoms with Gasteiger partial charge in [-0.1, -0.05) is 23.7 Å². The van der Waals surface area contributed by atoms with Gasteiger partial charge >= 0.3 is 0 Å². The molecule has 1 heterocycles. The van der Waals surface area contributed by atoms with Gasteiger partial charge in [0, 0.05) is 16.0 Å². The van der Waals surface area contributed by atoms with Crippen molar-refractivity contribution in [3.05, 3.63) is 58.9 Å². The first-order valence-corrected chi connectivity index (χ1v) is 8.68. The van der Waals surface area contributed by atoms with Gasteiger partial charge in [0.05, 0.1) is 12.8 Å². The van der Waals surface area contributed by atoms with Gasteiger partial charge in [0.15, 0.2) is 11.7 Å². The highest BCUT2D eigenvalue weighted by molar-refractivity contribution is 7.14. The van der Waals surface area contributed by atoms with Crippen LogP contribution in [0, 0.1) is 0 Å². The zero-order valence-electron chi connectivity index (χ0n) is 13.4. The molecule has 5 nitrogen and oxygen atoms in total. The lowest BCUT2D eigenvalue weighted by atomic mass is 10.2. The number of nitrogens with one attached hydrogen (secondary N) is 1. The molecular weight excluding hydrogens is 360 g/mol. The summed E-state index contributed by atoms with van der Waals surface area (Å²) >= 11 is 7.16. The van der Waals surface area contributed by atoms with Crippen molar-refractivity contribution < 1.29 is 14.3 Å². The maximum Gasteiger partial charge on any atom is 0.264 e. The third-order valence-corrected chi connectivity index (χ3v) is 4.31. The highest BCUT2D eigenvalue weighted by Gasteiger charge is 2.09. The summed E-state index contributed by atoms with van der Waals surface area (Å²) in [5.74, 6) is 1.06. The fraction of sp³-hybridized carbons (Fsp3) is 0.111. The summed E-state index contributed by atoms with van der Waals surface area (Å²) in [4.78, 5) is 16.4. The Morgan fingerprint density at radius 2 is 2.00 bits per heavy atom. The highest BCUT2D eigenvalue weighted by atomic mass is 35.5. The average molecular weight is 375 g/mol. The lowest BCUT2D eigenvalue weighted by molar-refractivity contribution is -0.118. The SMILES string of the molecule is COc1cccc(-c2csc(NC(=O)COc3ccc(Cl)cc3)n2)c1. The average Bonchev–Trinajstić information content (AvgIpc) is 3.10. The van der Waals surface area contributed by atoms with E-state index in [4.69, 9.17) is 21.1 Å². The van der Waals surface area contributed by atoms with Crippen LogP contribution in [0.4, 0.5) is 5.13 Å². The van der Waals surface area contributed by atoms with E-state index in [1.54, 1.807) is 31.4 Å². The van der Waals surface area contributed by atoms with Crippen molar-refractivity contribution in [2.75, 3.05) is 19.0 Å². The first kappa shape index (κ1) is 17.3. The molecule has 7 heteroatoms. The van der Waals surface area contributed by atoms with Crippen LogP contribution in [-0.4, -0.2) is 24.6 Å². The van der Waals surface area contributed by atoms with Crippen LogP contribution in [0.15, 0.2) is 53.9 Å². The van der Waals surface area contributed by atoms with Gasteiger partial charge in [-0.05, 0) is 36.4 Å². The summed E-state index contributed by atoms with van der Waals surface area (Å²) in [6, 6.07) is 14.4. The molecule has 25 heavy (non-hydrogen) atoms. The molecule has 0 spiro atoms. The quantitative estimate of drug-likeness (QED) is 0.690. The van der Waals surface area contributed by atoms with Gasteiger partial charge in [-0.25, -0.2) is 4.98 Å². The Hall–Kier alpha value is -2.57. The van der Waals surface area contributed by atoms with Gasteiger partial charge in [-0.15, -0.1) is 11.3 Å². The van der Waals surface area contributed by atoms with Crippen molar-refractivity contribution >= 4 is 34.0 Å². The Kier molecular flexibility index (Phi) is 5.53. The van der Waals surface area contributed by atoms with Crippen LogP contribution in [0.25, 0.3) is 11.3 Å². The third-order valence-electron chi connectivity index (χ3n) is 3.30. The number of methoxy groups -OCH3 is 1. The Morgan fingerprint density at radius 3 is 2.76 bits per heavy atom. The number of nitrogens with zero attached hydrogens (tertiary/aromatic N) is 1. The molecular formula is C18H15ClN2O3S. The molecule has 0 bridgehead atoms. The van der Waals surface area contributed by atoms with Gasteiger partial charge in [0.25, 0.3) is 5.91 Å². The molecule has 1 aromatic heterocycles. The minimum Gasteiger partial charge on any atom is -0.497 e. The molecule has 3 aromatic rings. The predicted octanol–water partition coefficient (Wildman–Crippen LogP) is 4.49. The number of thiazole rings is 1. The topological polar surface area (TPSA) is 60.5 Å². The van der Waals surface area contributed by atoms with Gasteiger partial charge < -0.3 is 9.47 Å².